The van der Waals surface area contributed by atoms with E-state index in [0.717, 1.165) is 18.5 Å². The lowest BCUT2D eigenvalue weighted by atomic mass is 10.1. The minimum atomic E-state index is 0.189. The highest BCUT2D eigenvalue weighted by molar-refractivity contribution is 5.92. The van der Waals surface area contributed by atoms with Gasteiger partial charge in [0.25, 0.3) is 0 Å². The standard InChI is InChI=1S/C12H15NO/c14-12(10-6-4-5-7-10)13-11-8-2-1-3-9-11/h1-3,8-10H,4-7H2,(H,13,14). The summed E-state index contributed by atoms with van der Waals surface area (Å²) < 4.78 is 0. The molecule has 0 aromatic heterocycles. The van der Waals surface area contributed by atoms with E-state index in [0.29, 0.717) is 0 Å². The van der Waals surface area contributed by atoms with Crippen LogP contribution in [0, 0.1) is 5.92 Å². The Morgan fingerprint density at radius 3 is 2.43 bits per heavy atom. The van der Waals surface area contributed by atoms with Crippen LogP contribution in [0.1, 0.15) is 25.7 Å². The van der Waals surface area contributed by atoms with Gasteiger partial charge in [-0.2, -0.15) is 0 Å². The van der Waals surface area contributed by atoms with Crippen LogP contribution in [0.15, 0.2) is 30.3 Å². The molecule has 2 heteroatoms. The van der Waals surface area contributed by atoms with Gasteiger partial charge >= 0.3 is 0 Å². The van der Waals surface area contributed by atoms with Crippen LogP contribution in [0.4, 0.5) is 5.69 Å². The van der Waals surface area contributed by atoms with Gasteiger partial charge in [0.15, 0.2) is 0 Å². The number of hydrogen-bond donors (Lipinski definition) is 1. The van der Waals surface area contributed by atoms with Gasteiger partial charge in [-0.25, -0.2) is 0 Å². The van der Waals surface area contributed by atoms with Gasteiger partial charge in [0, 0.05) is 11.6 Å². The molecule has 0 heterocycles. The molecule has 1 aliphatic carbocycles. The molecule has 0 atom stereocenters. The molecule has 0 aliphatic heterocycles. The maximum atomic E-state index is 11.7. The molecule has 0 bridgehead atoms. The molecule has 2 rings (SSSR count). The minimum absolute atomic E-state index is 0.189. The molecule has 14 heavy (non-hydrogen) atoms. The van der Waals surface area contributed by atoms with Crippen LogP contribution in [0.25, 0.3) is 0 Å². The Bertz CT molecular complexity index is 301. The Balaban J connectivity index is 1.94. The predicted octanol–water partition coefficient (Wildman–Crippen LogP) is 2.82. The van der Waals surface area contributed by atoms with Crippen molar-refractivity contribution in [3.05, 3.63) is 30.3 Å². The first-order valence-electron chi connectivity index (χ1n) is 5.22. The lowest BCUT2D eigenvalue weighted by Crippen LogP contribution is -2.20. The fourth-order valence-corrected chi connectivity index (χ4v) is 1.95. The normalized spacial score (nSPS) is 16.9. The molecule has 2 nitrogen and oxygen atoms in total. The summed E-state index contributed by atoms with van der Waals surface area (Å²) in [6, 6.07) is 9.67. The van der Waals surface area contributed by atoms with E-state index in [1.165, 1.54) is 12.8 Å². The van der Waals surface area contributed by atoms with Crippen molar-refractivity contribution in [2.75, 3.05) is 5.32 Å². The molecule has 1 aromatic carbocycles. The maximum absolute atomic E-state index is 11.7. The quantitative estimate of drug-likeness (QED) is 0.761. The molecule has 1 saturated carbocycles. The summed E-state index contributed by atoms with van der Waals surface area (Å²) in [4.78, 5) is 11.7. The van der Waals surface area contributed by atoms with E-state index in [1.54, 1.807) is 0 Å². The van der Waals surface area contributed by atoms with Gasteiger partial charge in [0.2, 0.25) is 5.91 Å². The Labute approximate surface area is 84.3 Å². The number of nitrogens with one attached hydrogen (secondary N) is 1. The number of para-hydroxylation sites is 1. The van der Waals surface area contributed by atoms with Crippen molar-refractivity contribution < 1.29 is 4.79 Å². The second-order valence-electron chi connectivity index (χ2n) is 3.84. The van der Waals surface area contributed by atoms with Crippen molar-refractivity contribution in [3.63, 3.8) is 0 Å². The average molecular weight is 189 g/mol. The lowest BCUT2D eigenvalue weighted by Gasteiger charge is -2.09. The van der Waals surface area contributed by atoms with E-state index >= 15 is 0 Å². The molecular weight excluding hydrogens is 174 g/mol. The summed E-state index contributed by atoms with van der Waals surface area (Å²) in [5.41, 5.74) is 0.907. The zero-order chi connectivity index (χ0) is 9.80. The van der Waals surface area contributed by atoms with E-state index in [4.69, 9.17) is 0 Å². The number of hydrogen-bond acceptors (Lipinski definition) is 1. The average Bonchev–Trinajstić information content (AvgIpc) is 2.72. The van der Waals surface area contributed by atoms with Crippen molar-refractivity contribution in [1.29, 1.82) is 0 Å². The molecule has 1 aliphatic rings. The largest absolute Gasteiger partial charge is 0.326 e. The molecule has 1 aromatic rings. The topological polar surface area (TPSA) is 29.1 Å². The third-order valence-corrected chi connectivity index (χ3v) is 2.77. The molecule has 1 fully saturated rings. The van der Waals surface area contributed by atoms with E-state index in [1.807, 2.05) is 30.3 Å². The van der Waals surface area contributed by atoms with E-state index in [9.17, 15) is 4.79 Å². The second-order valence-corrected chi connectivity index (χ2v) is 3.84. The number of anilines is 1. The number of benzene rings is 1. The fourth-order valence-electron chi connectivity index (χ4n) is 1.95. The molecular formula is C12H15NO. The van der Waals surface area contributed by atoms with Crippen LogP contribution in [-0.4, -0.2) is 5.91 Å². The molecule has 74 valence electrons. The highest BCUT2D eigenvalue weighted by Crippen LogP contribution is 2.25. The lowest BCUT2D eigenvalue weighted by molar-refractivity contribution is -0.119. The third-order valence-electron chi connectivity index (χ3n) is 2.77. The zero-order valence-electron chi connectivity index (χ0n) is 8.20. The fraction of sp³-hybridized carbons (Fsp3) is 0.417. The molecule has 1 N–H and O–H groups in total. The molecule has 0 radical (unpaired) electrons. The molecule has 0 spiro atoms. The van der Waals surface area contributed by atoms with Crippen molar-refractivity contribution in [2.45, 2.75) is 25.7 Å². The van der Waals surface area contributed by atoms with Crippen molar-refractivity contribution in [1.82, 2.24) is 0 Å². The molecule has 1 amide bonds. The van der Waals surface area contributed by atoms with E-state index < -0.39 is 0 Å². The zero-order valence-corrected chi connectivity index (χ0v) is 8.20. The summed E-state index contributed by atoms with van der Waals surface area (Å²) in [5.74, 6) is 0.434. The van der Waals surface area contributed by atoms with Crippen LogP contribution in [0.3, 0.4) is 0 Å². The second kappa shape index (κ2) is 4.27. The number of carbonyl (C=O) groups excluding carboxylic acids is 1. The maximum Gasteiger partial charge on any atom is 0.227 e. The summed E-state index contributed by atoms with van der Waals surface area (Å²) in [6.45, 7) is 0. The van der Waals surface area contributed by atoms with Crippen LogP contribution in [0.2, 0.25) is 0 Å². The SMILES string of the molecule is O=C(Nc1ccccc1)C1CCCC1. The summed E-state index contributed by atoms with van der Waals surface area (Å²) in [7, 11) is 0. The van der Waals surface area contributed by atoms with Crippen LogP contribution >= 0.6 is 0 Å². The Kier molecular flexibility index (Phi) is 2.82. The van der Waals surface area contributed by atoms with Crippen LogP contribution < -0.4 is 5.32 Å². The predicted molar refractivity (Wildman–Crippen MR) is 57.0 cm³/mol. The monoisotopic (exact) mass is 189 g/mol. The summed E-state index contributed by atoms with van der Waals surface area (Å²) in [6.07, 6.45) is 4.51. The third kappa shape index (κ3) is 2.13. The number of carbonyl (C=O) groups is 1. The van der Waals surface area contributed by atoms with Crippen molar-refractivity contribution in [3.8, 4) is 0 Å². The Morgan fingerprint density at radius 1 is 1.14 bits per heavy atom. The Hall–Kier alpha value is -1.31. The number of rotatable bonds is 2. The van der Waals surface area contributed by atoms with Crippen LogP contribution in [-0.2, 0) is 4.79 Å². The molecule has 0 unspecified atom stereocenters. The van der Waals surface area contributed by atoms with Gasteiger partial charge in [-0.1, -0.05) is 31.0 Å². The van der Waals surface area contributed by atoms with Crippen LogP contribution in [0.5, 0.6) is 0 Å². The highest BCUT2D eigenvalue weighted by Gasteiger charge is 2.22. The van der Waals surface area contributed by atoms with E-state index in [2.05, 4.69) is 5.32 Å². The molecule has 0 saturated heterocycles. The summed E-state index contributed by atoms with van der Waals surface area (Å²) >= 11 is 0. The van der Waals surface area contributed by atoms with E-state index in [-0.39, 0.29) is 11.8 Å². The van der Waals surface area contributed by atoms with Gasteiger partial charge < -0.3 is 5.32 Å². The highest BCUT2D eigenvalue weighted by atomic mass is 16.1. The van der Waals surface area contributed by atoms with Crippen molar-refractivity contribution >= 4 is 11.6 Å². The first-order chi connectivity index (χ1) is 6.86. The van der Waals surface area contributed by atoms with Gasteiger partial charge in [-0.15, -0.1) is 0 Å². The first kappa shape index (κ1) is 9.25. The number of amides is 1. The van der Waals surface area contributed by atoms with Gasteiger partial charge in [-0.05, 0) is 25.0 Å². The van der Waals surface area contributed by atoms with Crippen molar-refractivity contribution in [2.24, 2.45) is 5.92 Å². The van der Waals surface area contributed by atoms with Gasteiger partial charge in [-0.3, -0.25) is 4.79 Å². The smallest absolute Gasteiger partial charge is 0.227 e. The Morgan fingerprint density at radius 2 is 1.79 bits per heavy atom. The summed E-state index contributed by atoms with van der Waals surface area (Å²) in [5, 5.41) is 2.94. The first-order valence-corrected chi connectivity index (χ1v) is 5.22. The van der Waals surface area contributed by atoms with Gasteiger partial charge in [0.05, 0.1) is 0 Å². The van der Waals surface area contributed by atoms with Gasteiger partial charge in [0.1, 0.15) is 0 Å². The minimum Gasteiger partial charge on any atom is -0.326 e.